The summed E-state index contributed by atoms with van der Waals surface area (Å²) in [4.78, 5) is 3.85. The van der Waals surface area contributed by atoms with E-state index in [2.05, 4.69) is 9.71 Å². The number of anilines is 1. The van der Waals surface area contributed by atoms with Crippen molar-refractivity contribution in [3.8, 4) is 11.3 Å². The van der Waals surface area contributed by atoms with Crippen molar-refractivity contribution in [3.05, 3.63) is 36.9 Å². The maximum Gasteiger partial charge on any atom is 0.301 e. The predicted octanol–water partition coefficient (Wildman–Crippen LogP) is 2.09. The van der Waals surface area contributed by atoms with E-state index in [-0.39, 0.29) is 0 Å². The van der Waals surface area contributed by atoms with Gasteiger partial charge in [-0.05, 0) is 25.0 Å². The van der Waals surface area contributed by atoms with Crippen LogP contribution >= 0.6 is 0 Å². The molecule has 2 heterocycles. The van der Waals surface area contributed by atoms with E-state index in [0.29, 0.717) is 24.5 Å². The van der Waals surface area contributed by atoms with Crippen LogP contribution in [0.4, 0.5) is 5.69 Å². The molecule has 0 unspecified atom stereocenters. The number of nitrogens with one attached hydrogen (secondary N) is 1. The van der Waals surface area contributed by atoms with Crippen LogP contribution in [-0.2, 0) is 10.2 Å². The molecule has 2 aromatic rings. The average Bonchev–Trinajstić information content (AvgIpc) is 3.12. The molecule has 0 saturated carbocycles. The molecule has 0 bridgehead atoms. The zero-order valence-electron chi connectivity index (χ0n) is 10.8. The molecule has 0 radical (unpaired) electrons. The monoisotopic (exact) mass is 293 g/mol. The summed E-state index contributed by atoms with van der Waals surface area (Å²) in [5.74, 6) is 0.604. The lowest BCUT2D eigenvalue weighted by atomic mass is 10.2. The van der Waals surface area contributed by atoms with Gasteiger partial charge in [-0.25, -0.2) is 4.98 Å². The van der Waals surface area contributed by atoms with Crippen molar-refractivity contribution in [1.82, 2.24) is 9.29 Å². The van der Waals surface area contributed by atoms with Gasteiger partial charge in [0, 0.05) is 18.7 Å². The van der Waals surface area contributed by atoms with E-state index in [1.807, 2.05) is 6.07 Å². The van der Waals surface area contributed by atoms with E-state index < -0.39 is 10.2 Å². The fraction of sp³-hybridized carbons (Fsp3) is 0.308. The molecule has 1 fully saturated rings. The highest BCUT2D eigenvalue weighted by atomic mass is 32.2. The molecule has 1 aromatic heterocycles. The lowest BCUT2D eigenvalue weighted by molar-refractivity contribution is 0.482. The van der Waals surface area contributed by atoms with Crippen LogP contribution in [0.1, 0.15) is 12.8 Å². The third-order valence-electron chi connectivity index (χ3n) is 3.23. The van der Waals surface area contributed by atoms with Crippen LogP contribution in [0.3, 0.4) is 0 Å². The summed E-state index contributed by atoms with van der Waals surface area (Å²) in [5, 5.41) is 0. The maximum atomic E-state index is 12.2. The van der Waals surface area contributed by atoms with Crippen molar-refractivity contribution < 1.29 is 12.8 Å². The molecular weight excluding hydrogens is 278 g/mol. The number of oxazole rings is 1. The Morgan fingerprint density at radius 2 is 2.05 bits per heavy atom. The van der Waals surface area contributed by atoms with E-state index in [1.54, 1.807) is 24.4 Å². The minimum atomic E-state index is -3.46. The Morgan fingerprint density at radius 1 is 1.25 bits per heavy atom. The molecule has 0 atom stereocenters. The van der Waals surface area contributed by atoms with E-state index in [4.69, 9.17) is 4.42 Å². The minimum Gasteiger partial charge on any atom is -0.444 e. The summed E-state index contributed by atoms with van der Waals surface area (Å²) in [6, 6.07) is 7.06. The fourth-order valence-corrected chi connectivity index (χ4v) is 3.53. The first-order valence-electron chi connectivity index (χ1n) is 6.42. The summed E-state index contributed by atoms with van der Waals surface area (Å²) in [7, 11) is -3.46. The summed E-state index contributed by atoms with van der Waals surface area (Å²) >= 11 is 0. The van der Waals surface area contributed by atoms with Gasteiger partial charge in [0.2, 0.25) is 0 Å². The van der Waals surface area contributed by atoms with E-state index in [9.17, 15) is 8.42 Å². The maximum absolute atomic E-state index is 12.2. The molecule has 1 aliphatic rings. The Balaban J connectivity index is 1.83. The summed E-state index contributed by atoms with van der Waals surface area (Å²) in [6.45, 7) is 1.16. The average molecular weight is 293 g/mol. The van der Waals surface area contributed by atoms with Crippen LogP contribution in [0.15, 0.2) is 41.3 Å². The molecule has 0 aliphatic carbocycles. The largest absolute Gasteiger partial charge is 0.444 e. The van der Waals surface area contributed by atoms with Gasteiger partial charge in [0.1, 0.15) is 0 Å². The molecule has 106 valence electrons. The lowest BCUT2D eigenvalue weighted by Crippen LogP contribution is -2.33. The highest BCUT2D eigenvalue weighted by molar-refractivity contribution is 7.90. The van der Waals surface area contributed by atoms with Gasteiger partial charge < -0.3 is 4.42 Å². The summed E-state index contributed by atoms with van der Waals surface area (Å²) in [6.07, 6.45) is 4.77. The quantitative estimate of drug-likeness (QED) is 0.936. The molecule has 0 spiro atoms. The third-order valence-corrected chi connectivity index (χ3v) is 4.77. The van der Waals surface area contributed by atoms with Crippen molar-refractivity contribution in [3.63, 3.8) is 0 Å². The van der Waals surface area contributed by atoms with Crippen molar-refractivity contribution in [2.24, 2.45) is 0 Å². The van der Waals surface area contributed by atoms with Crippen molar-refractivity contribution in [2.45, 2.75) is 12.8 Å². The molecule has 3 rings (SSSR count). The van der Waals surface area contributed by atoms with E-state index >= 15 is 0 Å². The molecule has 0 amide bonds. The molecule has 20 heavy (non-hydrogen) atoms. The van der Waals surface area contributed by atoms with Gasteiger partial charge in [-0.15, -0.1) is 0 Å². The van der Waals surface area contributed by atoms with Gasteiger partial charge >= 0.3 is 10.2 Å². The third kappa shape index (κ3) is 2.68. The normalized spacial score (nSPS) is 16.4. The van der Waals surface area contributed by atoms with Gasteiger partial charge in [0.25, 0.3) is 0 Å². The zero-order chi connectivity index (χ0) is 14.0. The van der Waals surface area contributed by atoms with Crippen LogP contribution in [-0.4, -0.2) is 30.8 Å². The lowest BCUT2D eigenvalue weighted by Gasteiger charge is -2.17. The smallest absolute Gasteiger partial charge is 0.301 e. The van der Waals surface area contributed by atoms with Crippen LogP contribution in [0, 0.1) is 0 Å². The molecular formula is C13H15N3O3S. The summed E-state index contributed by atoms with van der Waals surface area (Å²) < 4.78 is 33.6. The number of hydrogen-bond donors (Lipinski definition) is 1. The molecule has 6 nitrogen and oxygen atoms in total. The number of nitrogens with zero attached hydrogens (tertiary/aromatic N) is 2. The molecule has 7 heteroatoms. The first-order valence-corrected chi connectivity index (χ1v) is 7.86. The number of hydrogen-bond acceptors (Lipinski definition) is 4. The highest BCUT2D eigenvalue weighted by Crippen LogP contribution is 2.23. The Kier molecular flexibility index (Phi) is 3.45. The van der Waals surface area contributed by atoms with Gasteiger partial charge in [-0.2, -0.15) is 12.7 Å². The van der Waals surface area contributed by atoms with Crippen molar-refractivity contribution in [1.29, 1.82) is 0 Å². The Morgan fingerprint density at radius 3 is 2.75 bits per heavy atom. The first-order chi connectivity index (χ1) is 9.65. The van der Waals surface area contributed by atoms with Gasteiger partial charge in [0.15, 0.2) is 12.2 Å². The second-order valence-corrected chi connectivity index (χ2v) is 6.33. The highest BCUT2D eigenvalue weighted by Gasteiger charge is 2.25. The first kappa shape index (κ1) is 13.1. The van der Waals surface area contributed by atoms with E-state index in [1.165, 1.54) is 10.7 Å². The molecule has 1 saturated heterocycles. The molecule has 1 aromatic carbocycles. The standard InChI is InChI=1S/C13H15N3O3S/c17-20(18,16-6-1-2-7-16)15-12-5-3-4-11(8-12)13-9-14-10-19-13/h3-5,8-10,15H,1-2,6-7H2. The van der Waals surface area contributed by atoms with Crippen molar-refractivity contribution >= 4 is 15.9 Å². The number of aromatic nitrogens is 1. The Hall–Kier alpha value is -1.86. The van der Waals surface area contributed by atoms with Crippen LogP contribution in [0.25, 0.3) is 11.3 Å². The topological polar surface area (TPSA) is 75.4 Å². The minimum absolute atomic E-state index is 0.519. The number of benzene rings is 1. The fourth-order valence-electron chi connectivity index (χ4n) is 2.24. The van der Waals surface area contributed by atoms with Gasteiger partial charge in [0.05, 0.1) is 11.9 Å². The zero-order valence-corrected chi connectivity index (χ0v) is 11.6. The Labute approximate surface area is 117 Å². The molecule has 1 aliphatic heterocycles. The second kappa shape index (κ2) is 5.26. The van der Waals surface area contributed by atoms with Gasteiger partial charge in [-0.3, -0.25) is 4.72 Å². The van der Waals surface area contributed by atoms with Crippen LogP contribution < -0.4 is 4.72 Å². The Bertz CT molecular complexity index is 677. The van der Waals surface area contributed by atoms with Crippen LogP contribution in [0.2, 0.25) is 0 Å². The van der Waals surface area contributed by atoms with E-state index in [0.717, 1.165) is 18.4 Å². The van der Waals surface area contributed by atoms with Gasteiger partial charge in [-0.1, -0.05) is 12.1 Å². The second-order valence-electron chi connectivity index (χ2n) is 4.66. The predicted molar refractivity (Wildman–Crippen MR) is 75.3 cm³/mol. The van der Waals surface area contributed by atoms with Crippen molar-refractivity contribution in [2.75, 3.05) is 17.8 Å². The number of rotatable bonds is 4. The molecule has 1 N–H and O–H groups in total. The van der Waals surface area contributed by atoms with Crippen LogP contribution in [0.5, 0.6) is 0 Å². The SMILES string of the molecule is O=S(=O)(Nc1cccc(-c2cnco2)c1)N1CCCC1. The summed E-state index contributed by atoms with van der Waals surface area (Å²) in [5.41, 5.74) is 1.30.